The van der Waals surface area contributed by atoms with Gasteiger partial charge in [0, 0.05) is 26.6 Å². The monoisotopic (exact) mass is 251 g/mol. The SMILES string of the molecule is Cc1cc2[nH]c(C)c(C=O)c2cc1Br. The van der Waals surface area contributed by atoms with Crippen molar-refractivity contribution < 1.29 is 4.79 Å². The summed E-state index contributed by atoms with van der Waals surface area (Å²) < 4.78 is 1.03. The maximum absolute atomic E-state index is 10.9. The smallest absolute Gasteiger partial charge is 0.152 e. The molecule has 0 amide bonds. The van der Waals surface area contributed by atoms with Crippen LogP contribution in [0.3, 0.4) is 0 Å². The van der Waals surface area contributed by atoms with Crippen molar-refractivity contribution in [2.24, 2.45) is 0 Å². The Kier molecular flexibility index (Phi) is 2.19. The van der Waals surface area contributed by atoms with Crippen molar-refractivity contribution in [2.45, 2.75) is 13.8 Å². The number of nitrogens with one attached hydrogen (secondary N) is 1. The molecule has 0 aliphatic heterocycles. The van der Waals surface area contributed by atoms with Crippen molar-refractivity contribution in [3.05, 3.63) is 33.4 Å². The number of aromatic amines is 1. The van der Waals surface area contributed by atoms with Crippen molar-refractivity contribution in [3.8, 4) is 0 Å². The fourth-order valence-electron chi connectivity index (χ4n) is 1.63. The highest BCUT2D eigenvalue weighted by Gasteiger charge is 2.08. The molecule has 0 aliphatic carbocycles. The van der Waals surface area contributed by atoms with Crippen LogP contribution in [0.4, 0.5) is 0 Å². The van der Waals surface area contributed by atoms with E-state index >= 15 is 0 Å². The molecule has 1 heterocycles. The van der Waals surface area contributed by atoms with Crippen molar-refractivity contribution in [2.75, 3.05) is 0 Å². The Labute approximate surface area is 90.4 Å². The summed E-state index contributed by atoms with van der Waals surface area (Å²) in [7, 11) is 0. The number of aldehydes is 1. The molecule has 14 heavy (non-hydrogen) atoms. The molecule has 3 heteroatoms. The molecular formula is C11H10BrNO. The summed E-state index contributed by atoms with van der Waals surface area (Å²) >= 11 is 3.46. The zero-order chi connectivity index (χ0) is 10.3. The molecule has 0 atom stereocenters. The van der Waals surface area contributed by atoms with Crippen LogP contribution in [0.2, 0.25) is 0 Å². The molecule has 0 saturated heterocycles. The van der Waals surface area contributed by atoms with Crippen molar-refractivity contribution in [1.29, 1.82) is 0 Å². The number of carbonyl (C=O) groups excluding carboxylic acids is 1. The molecular weight excluding hydrogens is 242 g/mol. The lowest BCUT2D eigenvalue weighted by Crippen LogP contribution is -1.80. The van der Waals surface area contributed by atoms with E-state index < -0.39 is 0 Å². The van der Waals surface area contributed by atoms with Crippen LogP contribution < -0.4 is 0 Å². The van der Waals surface area contributed by atoms with Gasteiger partial charge in [-0.2, -0.15) is 0 Å². The van der Waals surface area contributed by atoms with Gasteiger partial charge in [-0.25, -0.2) is 0 Å². The third-order valence-electron chi connectivity index (χ3n) is 2.43. The van der Waals surface area contributed by atoms with Crippen LogP contribution in [0.25, 0.3) is 10.9 Å². The summed E-state index contributed by atoms with van der Waals surface area (Å²) in [6.45, 7) is 3.94. The van der Waals surface area contributed by atoms with Crippen molar-refractivity contribution >= 4 is 33.1 Å². The zero-order valence-corrected chi connectivity index (χ0v) is 9.60. The molecule has 0 saturated carbocycles. The van der Waals surface area contributed by atoms with Crippen LogP contribution in [0.15, 0.2) is 16.6 Å². The normalized spacial score (nSPS) is 10.8. The van der Waals surface area contributed by atoms with Crippen molar-refractivity contribution in [1.82, 2.24) is 4.98 Å². The second-order valence-corrected chi connectivity index (χ2v) is 4.28. The molecule has 1 aromatic carbocycles. The third kappa shape index (κ3) is 1.28. The van der Waals surface area contributed by atoms with Crippen LogP contribution >= 0.6 is 15.9 Å². The molecule has 2 nitrogen and oxygen atoms in total. The molecule has 0 bridgehead atoms. The number of aromatic nitrogens is 1. The number of rotatable bonds is 1. The molecule has 1 aromatic heterocycles. The van der Waals surface area contributed by atoms with Crippen LogP contribution in [-0.2, 0) is 0 Å². The van der Waals surface area contributed by atoms with Crippen molar-refractivity contribution in [3.63, 3.8) is 0 Å². The first kappa shape index (κ1) is 9.46. The first-order chi connectivity index (χ1) is 6.63. The number of aryl methyl sites for hydroxylation is 2. The predicted molar refractivity (Wildman–Crippen MR) is 60.9 cm³/mol. The Balaban J connectivity index is 2.89. The van der Waals surface area contributed by atoms with Gasteiger partial charge in [-0.15, -0.1) is 0 Å². The van der Waals surface area contributed by atoms with Crippen LogP contribution in [0.5, 0.6) is 0 Å². The molecule has 0 aliphatic rings. The number of fused-ring (bicyclic) bond motifs is 1. The second kappa shape index (κ2) is 3.24. The largest absolute Gasteiger partial charge is 0.358 e. The average molecular weight is 252 g/mol. The predicted octanol–water partition coefficient (Wildman–Crippen LogP) is 3.36. The fraction of sp³-hybridized carbons (Fsp3) is 0.182. The molecule has 72 valence electrons. The van der Waals surface area contributed by atoms with E-state index in [2.05, 4.69) is 20.9 Å². The second-order valence-electron chi connectivity index (χ2n) is 3.43. The topological polar surface area (TPSA) is 32.9 Å². The number of hydrogen-bond donors (Lipinski definition) is 1. The van der Waals surface area contributed by atoms with Gasteiger partial charge in [0.2, 0.25) is 0 Å². The first-order valence-corrected chi connectivity index (χ1v) is 5.16. The summed E-state index contributed by atoms with van der Waals surface area (Å²) in [5.41, 5.74) is 3.86. The zero-order valence-electron chi connectivity index (χ0n) is 8.02. The van der Waals surface area contributed by atoms with Crippen LogP contribution in [0, 0.1) is 13.8 Å². The van der Waals surface area contributed by atoms with E-state index in [9.17, 15) is 4.79 Å². The molecule has 0 radical (unpaired) electrons. The van der Waals surface area contributed by atoms with E-state index in [-0.39, 0.29) is 0 Å². The lowest BCUT2D eigenvalue weighted by atomic mass is 10.1. The van der Waals surface area contributed by atoms with E-state index in [1.54, 1.807) is 0 Å². The minimum atomic E-state index is 0.751. The van der Waals surface area contributed by atoms with Gasteiger partial charge in [-0.05, 0) is 31.5 Å². The Morgan fingerprint density at radius 3 is 2.71 bits per heavy atom. The summed E-state index contributed by atoms with van der Waals surface area (Å²) in [4.78, 5) is 14.1. The van der Waals surface area contributed by atoms with Gasteiger partial charge in [0.05, 0.1) is 0 Å². The highest BCUT2D eigenvalue weighted by molar-refractivity contribution is 9.10. The third-order valence-corrected chi connectivity index (χ3v) is 3.29. The standard InChI is InChI=1S/C11H10BrNO/c1-6-3-11-8(4-10(6)12)9(5-14)7(2)13-11/h3-5,13H,1-2H3. The number of benzene rings is 1. The lowest BCUT2D eigenvalue weighted by Gasteiger charge is -1.97. The van der Waals surface area contributed by atoms with E-state index in [0.717, 1.165) is 38.5 Å². The number of halogens is 1. The first-order valence-electron chi connectivity index (χ1n) is 4.37. The Bertz CT molecular complexity index is 513. The highest BCUT2D eigenvalue weighted by atomic mass is 79.9. The van der Waals surface area contributed by atoms with E-state index in [0.29, 0.717) is 0 Å². The maximum atomic E-state index is 10.9. The quantitative estimate of drug-likeness (QED) is 0.775. The number of H-pyrrole nitrogens is 1. The van der Waals surface area contributed by atoms with E-state index in [1.165, 1.54) is 0 Å². The maximum Gasteiger partial charge on any atom is 0.152 e. The van der Waals surface area contributed by atoms with Crippen LogP contribution in [-0.4, -0.2) is 11.3 Å². The number of hydrogen-bond acceptors (Lipinski definition) is 1. The summed E-state index contributed by atoms with van der Waals surface area (Å²) in [6, 6.07) is 4.03. The minimum Gasteiger partial charge on any atom is -0.358 e. The van der Waals surface area contributed by atoms with Gasteiger partial charge < -0.3 is 4.98 Å². The van der Waals surface area contributed by atoms with Gasteiger partial charge in [-0.1, -0.05) is 15.9 Å². The molecule has 0 unspecified atom stereocenters. The van der Waals surface area contributed by atoms with Gasteiger partial charge in [0.15, 0.2) is 6.29 Å². The molecule has 2 aromatic rings. The lowest BCUT2D eigenvalue weighted by molar-refractivity contribution is 0.112. The van der Waals surface area contributed by atoms with Gasteiger partial charge in [0.1, 0.15) is 0 Å². The molecule has 0 spiro atoms. The van der Waals surface area contributed by atoms with E-state index in [1.807, 2.05) is 26.0 Å². The number of carbonyl (C=O) groups is 1. The fourth-order valence-corrected chi connectivity index (χ4v) is 1.97. The summed E-state index contributed by atoms with van der Waals surface area (Å²) in [5.74, 6) is 0. The van der Waals surface area contributed by atoms with Gasteiger partial charge in [0.25, 0.3) is 0 Å². The minimum absolute atomic E-state index is 0.751. The Morgan fingerprint density at radius 2 is 2.07 bits per heavy atom. The van der Waals surface area contributed by atoms with Gasteiger partial charge >= 0.3 is 0 Å². The van der Waals surface area contributed by atoms with E-state index in [4.69, 9.17) is 0 Å². The summed E-state index contributed by atoms with van der Waals surface area (Å²) in [6.07, 6.45) is 0.899. The average Bonchev–Trinajstić information content (AvgIpc) is 2.42. The Morgan fingerprint density at radius 1 is 1.36 bits per heavy atom. The highest BCUT2D eigenvalue weighted by Crippen LogP contribution is 2.27. The molecule has 2 rings (SSSR count). The Hall–Kier alpha value is -1.09. The van der Waals surface area contributed by atoms with Gasteiger partial charge in [-0.3, -0.25) is 4.79 Å². The molecule has 0 fully saturated rings. The summed E-state index contributed by atoms with van der Waals surface area (Å²) in [5, 5.41) is 0.981. The van der Waals surface area contributed by atoms with Crippen LogP contribution in [0.1, 0.15) is 21.6 Å². The molecule has 1 N–H and O–H groups in total.